The number of hydrogen-bond acceptors (Lipinski definition) is 4. The summed E-state index contributed by atoms with van der Waals surface area (Å²) in [5.41, 5.74) is 1.76. The second-order valence-electron chi connectivity index (χ2n) is 5.97. The Hall–Kier alpha value is -1.70. The van der Waals surface area contributed by atoms with Gasteiger partial charge < -0.3 is 4.90 Å². The largest absolute Gasteiger partial charge is 0.303 e. The highest BCUT2D eigenvalue weighted by atomic mass is 35.5. The maximum atomic E-state index is 13.2. The van der Waals surface area contributed by atoms with Crippen molar-refractivity contribution >= 4 is 86.5 Å². The smallest absolute Gasteiger partial charge is 0.290 e. The summed E-state index contributed by atoms with van der Waals surface area (Å²) in [6, 6.07) is 8.10. The highest BCUT2D eigenvalue weighted by Gasteiger charge is 2.40. The molecule has 10 heteroatoms. The molecule has 4 rings (SSSR count). The van der Waals surface area contributed by atoms with Crippen molar-refractivity contribution in [2.24, 2.45) is 0 Å². The summed E-state index contributed by atoms with van der Waals surface area (Å²) in [6.07, 6.45) is 0. The summed E-state index contributed by atoms with van der Waals surface area (Å²) in [4.78, 5) is 38.4. The number of amides is 3. The third-order valence-corrected chi connectivity index (χ3v) is 6.57. The van der Waals surface area contributed by atoms with Gasteiger partial charge in [-0.05, 0) is 41.6 Å². The number of nitrogens with one attached hydrogen (secondary N) is 1. The van der Waals surface area contributed by atoms with Crippen LogP contribution in [0.25, 0.3) is 5.57 Å². The zero-order valence-corrected chi connectivity index (χ0v) is 17.5. The van der Waals surface area contributed by atoms with Crippen molar-refractivity contribution < 1.29 is 14.4 Å². The Kier molecular flexibility index (Phi) is 5.10. The van der Waals surface area contributed by atoms with Crippen molar-refractivity contribution in [3.05, 3.63) is 66.5 Å². The van der Waals surface area contributed by atoms with Gasteiger partial charge in [0.2, 0.25) is 0 Å². The second kappa shape index (κ2) is 7.28. The number of carbonyl (C=O) groups is 3. The Morgan fingerprint density at radius 2 is 1.57 bits per heavy atom. The van der Waals surface area contributed by atoms with Crippen LogP contribution in [0, 0.1) is 0 Å². The zero-order chi connectivity index (χ0) is 20.2. The lowest BCUT2D eigenvalue weighted by molar-refractivity contribution is -0.116. The maximum absolute atomic E-state index is 13.2. The van der Waals surface area contributed by atoms with Crippen molar-refractivity contribution in [1.29, 1.82) is 0 Å². The molecule has 1 fully saturated rings. The van der Waals surface area contributed by atoms with E-state index >= 15 is 0 Å². The SMILES string of the molecule is O=C1NC(=O)C(=C2C(=O)N(Cc3ccc(Cl)c(Cl)c3)c3cc(Cl)c(Cl)cc32)S1. The Bertz CT molecular complexity index is 1120. The average molecular weight is 474 g/mol. The first kappa shape index (κ1) is 19.6. The summed E-state index contributed by atoms with van der Waals surface area (Å²) in [6.45, 7) is 0.164. The molecule has 2 aromatic rings. The highest BCUT2D eigenvalue weighted by Crippen LogP contribution is 2.46. The molecule has 0 spiro atoms. The lowest BCUT2D eigenvalue weighted by atomic mass is 10.1. The van der Waals surface area contributed by atoms with E-state index in [0.717, 1.165) is 5.56 Å². The summed E-state index contributed by atoms with van der Waals surface area (Å²) in [7, 11) is 0. The van der Waals surface area contributed by atoms with E-state index in [9.17, 15) is 14.4 Å². The van der Waals surface area contributed by atoms with Gasteiger partial charge in [0, 0.05) is 5.56 Å². The van der Waals surface area contributed by atoms with Gasteiger partial charge in [0.05, 0.1) is 42.8 Å². The molecular formula is C18H8Cl4N2O3S. The van der Waals surface area contributed by atoms with Crippen molar-refractivity contribution in [3.8, 4) is 0 Å². The third-order valence-electron chi connectivity index (χ3n) is 4.23. The normalized spacial score (nSPS) is 18.7. The lowest BCUT2D eigenvalue weighted by Gasteiger charge is -2.18. The van der Waals surface area contributed by atoms with Crippen molar-refractivity contribution in [3.63, 3.8) is 0 Å². The van der Waals surface area contributed by atoms with Crippen LogP contribution in [0.2, 0.25) is 20.1 Å². The minimum absolute atomic E-state index is 0.0336. The molecule has 5 nitrogen and oxygen atoms in total. The number of anilines is 1. The molecule has 28 heavy (non-hydrogen) atoms. The van der Waals surface area contributed by atoms with Crippen LogP contribution in [-0.2, 0) is 16.1 Å². The van der Waals surface area contributed by atoms with Gasteiger partial charge >= 0.3 is 0 Å². The average Bonchev–Trinajstić information content (AvgIpc) is 3.08. The Morgan fingerprint density at radius 3 is 2.21 bits per heavy atom. The zero-order valence-electron chi connectivity index (χ0n) is 13.7. The van der Waals surface area contributed by atoms with E-state index in [-0.39, 0.29) is 27.1 Å². The van der Waals surface area contributed by atoms with Crippen LogP contribution < -0.4 is 10.2 Å². The van der Waals surface area contributed by atoms with Gasteiger partial charge in [0.25, 0.3) is 17.1 Å². The molecule has 0 radical (unpaired) electrons. The van der Waals surface area contributed by atoms with Crippen LogP contribution >= 0.6 is 58.2 Å². The van der Waals surface area contributed by atoms with Crippen LogP contribution in [0.1, 0.15) is 11.1 Å². The summed E-state index contributed by atoms with van der Waals surface area (Å²) < 4.78 is 0. The molecule has 0 saturated carbocycles. The Morgan fingerprint density at radius 1 is 0.893 bits per heavy atom. The van der Waals surface area contributed by atoms with Crippen LogP contribution in [0.4, 0.5) is 10.5 Å². The molecule has 1 saturated heterocycles. The molecule has 0 bridgehead atoms. The number of imide groups is 1. The van der Waals surface area contributed by atoms with E-state index in [4.69, 9.17) is 46.4 Å². The first-order valence-corrected chi connectivity index (χ1v) is 10.1. The van der Waals surface area contributed by atoms with Crippen molar-refractivity contribution in [2.45, 2.75) is 6.54 Å². The quantitative estimate of drug-likeness (QED) is 0.581. The molecular weight excluding hydrogens is 466 g/mol. The van der Waals surface area contributed by atoms with Crippen LogP contribution in [-0.4, -0.2) is 17.1 Å². The lowest BCUT2D eigenvalue weighted by Crippen LogP contribution is -2.26. The molecule has 0 aliphatic carbocycles. The molecule has 0 atom stereocenters. The molecule has 0 aromatic heterocycles. The van der Waals surface area contributed by atoms with Gasteiger partial charge in [-0.15, -0.1) is 0 Å². The van der Waals surface area contributed by atoms with Gasteiger partial charge in [-0.3, -0.25) is 19.7 Å². The summed E-state index contributed by atoms with van der Waals surface area (Å²) >= 11 is 25.0. The van der Waals surface area contributed by atoms with Gasteiger partial charge in [0.1, 0.15) is 0 Å². The Balaban J connectivity index is 1.85. The van der Waals surface area contributed by atoms with Crippen LogP contribution in [0.3, 0.4) is 0 Å². The fraction of sp³-hybridized carbons (Fsp3) is 0.0556. The predicted molar refractivity (Wildman–Crippen MR) is 112 cm³/mol. The van der Waals surface area contributed by atoms with E-state index in [0.29, 0.717) is 33.1 Å². The monoisotopic (exact) mass is 472 g/mol. The van der Waals surface area contributed by atoms with E-state index in [2.05, 4.69) is 5.32 Å². The second-order valence-corrected chi connectivity index (χ2v) is 8.58. The fourth-order valence-corrected chi connectivity index (χ4v) is 4.41. The maximum Gasteiger partial charge on any atom is 0.290 e. The van der Waals surface area contributed by atoms with E-state index < -0.39 is 17.1 Å². The molecule has 2 aliphatic heterocycles. The van der Waals surface area contributed by atoms with E-state index in [1.165, 1.54) is 11.0 Å². The number of nitrogens with zero attached hydrogens (tertiary/aromatic N) is 1. The topological polar surface area (TPSA) is 66.5 Å². The summed E-state index contributed by atoms with van der Waals surface area (Å²) in [5, 5.41) is 2.88. The Labute approximate surface area is 183 Å². The molecule has 2 aliphatic rings. The first-order chi connectivity index (χ1) is 13.3. The molecule has 1 N–H and O–H groups in total. The standard InChI is InChI=1S/C18H8Cl4N2O3S/c19-9-2-1-7(3-10(9)20)6-24-13-5-12(22)11(21)4-8(13)14(17(24)26)15-16(25)23-18(27)28-15/h1-5H,6H2,(H,23,25,27). The third kappa shape index (κ3) is 3.29. The molecule has 2 heterocycles. The van der Waals surface area contributed by atoms with Crippen molar-refractivity contribution in [1.82, 2.24) is 5.32 Å². The van der Waals surface area contributed by atoms with Gasteiger partial charge in [-0.1, -0.05) is 52.5 Å². The van der Waals surface area contributed by atoms with Gasteiger partial charge in [-0.25, -0.2) is 0 Å². The molecule has 2 aromatic carbocycles. The number of rotatable bonds is 2. The van der Waals surface area contributed by atoms with Gasteiger partial charge in [0.15, 0.2) is 0 Å². The van der Waals surface area contributed by atoms with E-state index in [1.807, 2.05) is 0 Å². The number of fused-ring (bicyclic) bond motifs is 1. The van der Waals surface area contributed by atoms with Gasteiger partial charge in [-0.2, -0.15) is 0 Å². The number of benzene rings is 2. The number of carbonyl (C=O) groups excluding carboxylic acids is 3. The van der Waals surface area contributed by atoms with Crippen molar-refractivity contribution in [2.75, 3.05) is 4.90 Å². The van der Waals surface area contributed by atoms with Crippen LogP contribution in [0.5, 0.6) is 0 Å². The molecule has 0 unspecified atom stereocenters. The first-order valence-electron chi connectivity index (χ1n) is 7.79. The number of hydrogen-bond donors (Lipinski definition) is 1. The predicted octanol–water partition coefficient (Wildman–Crippen LogP) is 5.54. The fourth-order valence-electron chi connectivity index (χ4n) is 3.00. The highest BCUT2D eigenvalue weighted by molar-refractivity contribution is 8.18. The minimum atomic E-state index is -0.619. The molecule has 3 amide bonds. The number of halogens is 4. The van der Waals surface area contributed by atoms with E-state index in [1.54, 1.807) is 24.3 Å². The summed E-state index contributed by atoms with van der Waals surface area (Å²) in [5.74, 6) is -1.06. The molecule has 142 valence electrons. The number of thioether (sulfide) groups is 1. The van der Waals surface area contributed by atoms with Crippen LogP contribution in [0.15, 0.2) is 35.2 Å². The minimum Gasteiger partial charge on any atom is -0.303 e.